The molecule has 5 fully saturated rings. The molecular weight excluding hydrogens is 1820 g/mol. The van der Waals surface area contributed by atoms with Crippen molar-refractivity contribution in [3.63, 3.8) is 0 Å². The van der Waals surface area contributed by atoms with Crippen molar-refractivity contribution in [3.8, 4) is 0 Å². The number of carbonyl (C=O) groups excluding carboxylic acids is 18. The second-order valence-corrected chi connectivity index (χ2v) is 37.0. The molecule has 5 aliphatic rings. The molecule has 774 valence electrons. The number of aliphatic hydroxyl groups is 1. The number of aliphatic carboxylic acids is 5. The Morgan fingerprint density at radius 3 is 1.11 bits per heavy atom. The number of nitrogens with one attached hydrogen (secondary N) is 12. The van der Waals surface area contributed by atoms with E-state index in [4.69, 9.17) is 28.0 Å². The number of nitrogens with zero attached hydrogens (tertiary/aromatic N) is 5. The summed E-state index contributed by atoms with van der Waals surface area (Å²) >= 11 is 0. The van der Waals surface area contributed by atoms with Crippen molar-refractivity contribution in [3.05, 3.63) is 0 Å². The molecule has 19 atom stereocenters. The lowest BCUT2D eigenvalue weighted by Gasteiger charge is -2.33. The van der Waals surface area contributed by atoms with Crippen molar-refractivity contribution in [2.75, 3.05) is 52.4 Å². The van der Waals surface area contributed by atoms with Crippen molar-refractivity contribution < 1.29 is 141 Å². The Balaban J connectivity index is 1.28. The molecule has 138 heavy (non-hydrogen) atoms. The van der Waals surface area contributed by atoms with Crippen LogP contribution in [0.3, 0.4) is 0 Å². The molecule has 0 aromatic carbocycles. The van der Waals surface area contributed by atoms with Crippen LogP contribution >= 0.6 is 0 Å². The molecule has 0 aromatic rings. The Morgan fingerprint density at radius 1 is 0.341 bits per heavy atom. The normalized spacial score (nSPS) is 19.9. The number of hydrogen-bond acceptors (Lipinski definition) is 27. The third-order valence-electron chi connectivity index (χ3n) is 24.9. The molecule has 50 nitrogen and oxygen atoms in total. The van der Waals surface area contributed by atoms with E-state index >= 15 is 0 Å². The lowest BCUT2D eigenvalue weighted by atomic mass is 9.97. The average Bonchev–Trinajstić information content (AvgIpc) is 1.66. The first kappa shape index (κ1) is 116. The van der Waals surface area contributed by atoms with E-state index in [9.17, 15) is 136 Å². The lowest BCUT2D eigenvalue weighted by molar-refractivity contribution is -0.150. The van der Waals surface area contributed by atoms with Gasteiger partial charge in [-0.1, -0.05) is 61.8 Å². The molecule has 5 saturated heterocycles. The van der Waals surface area contributed by atoms with Gasteiger partial charge in [0, 0.05) is 45.6 Å². The zero-order valence-corrected chi connectivity index (χ0v) is 79.9. The summed E-state index contributed by atoms with van der Waals surface area (Å²) in [5.41, 5.74) is 23.1. The lowest BCUT2D eigenvalue weighted by Crippen LogP contribution is -2.61. The van der Waals surface area contributed by atoms with Crippen LogP contribution in [0.15, 0.2) is 0 Å². The van der Waals surface area contributed by atoms with Gasteiger partial charge in [0.25, 0.3) is 0 Å². The van der Waals surface area contributed by atoms with Crippen LogP contribution in [0.5, 0.6) is 0 Å². The molecular formula is C88H143N21O29. The predicted octanol–water partition coefficient (Wildman–Crippen LogP) is -6.21. The van der Waals surface area contributed by atoms with E-state index in [2.05, 4.69) is 63.8 Å². The maximum atomic E-state index is 14.9. The van der Waals surface area contributed by atoms with Crippen molar-refractivity contribution in [1.82, 2.24) is 88.3 Å². The molecule has 5 aliphatic heterocycles. The predicted molar refractivity (Wildman–Crippen MR) is 486 cm³/mol. The molecule has 18 amide bonds. The Bertz CT molecular complexity index is 4350. The van der Waals surface area contributed by atoms with E-state index in [1.165, 1.54) is 16.7 Å². The maximum absolute atomic E-state index is 14.9. The van der Waals surface area contributed by atoms with E-state index in [0.717, 1.165) is 14.7 Å². The Kier molecular flexibility index (Phi) is 47.6. The first-order chi connectivity index (χ1) is 65.0. The van der Waals surface area contributed by atoms with Gasteiger partial charge in [-0.25, -0.2) is 4.79 Å². The van der Waals surface area contributed by atoms with Gasteiger partial charge >= 0.3 is 29.8 Å². The molecule has 0 aliphatic carbocycles. The van der Waals surface area contributed by atoms with E-state index in [1.54, 1.807) is 55.4 Å². The van der Waals surface area contributed by atoms with E-state index in [0.29, 0.717) is 25.7 Å². The molecule has 26 N–H and O–H groups in total. The van der Waals surface area contributed by atoms with E-state index < -0.39 is 301 Å². The molecule has 5 heterocycles. The van der Waals surface area contributed by atoms with Gasteiger partial charge in [0.05, 0.1) is 31.9 Å². The summed E-state index contributed by atoms with van der Waals surface area (Å²) in [6.07, 6.45) is -2.69. The van der Waals surface area contributed by atoms with Gasteiger partial charge in [-0.15, -0.1) is 0 Å². The molecule has 0 saturated carbocycles. The van der Waals surface area contributed by atoms with Gasteiger partial charge < -0.3 is 142 Å². The van der Waals surface area contributed by atoms with Gasteiger partial charge in [-0.05, 0) is 172 Å². The highest BCUT2D eigenvalue weighted by molar-refractivity contribution is 6.03. The number of carboxylic acid groups (broad SMARTS) is 5. The van der Waals surface area contributed by atoms with Crippen molar-refractivity contribution in [2.45, 2.75) is 338 Å². The van der Waals surface area contributed by atoms with E-state index in [1.807, 2.05) is 0 Å². The quantitative estimate of drug-likeness (QED) is 0.0252. The molecule has 0 bridgehead atoms. The zero-order valence-electron chi connectivity index (χ0n) is 79.9. The first-order valence-electron chi connectivity index (χ1n) is 47.3. The van der Waals surface area contributed by atoms with Crippen LogP contribution in [0.1, 0.15) is 229 Å². The van der Waals surface area contributed by atoms with Crippen LogP contribution < -0.4 is 86.7 Å². The minimum Gasteiger partial charge on any atom is -0.481 e. The number of nitrogens with two attached hydrogens (primary N) is 4. The summed E-state index contributed by atoms with van der Waals surface area (Å²) in [6.45, 7) is 13.4. The minimum atomic E-state index is -2.11. The summed E-state index contributed by atoms with van der Waals surface area (Å²) in [7, 11) is 0. The number of rotatable bonds is 58. The molecule has 0 aromatic heterocycles. The Labute approximate surface area is 799 Å². The number of unbranched alkanes of at least 4 members (excludes halogenated alkanes) is 2. The second kappa shape index (κ2) is 56.5. The van der Waals surface area contributed by atoms with Crippen LogP contribution in [-0.4, -0.2) is 352 Å². The smallest absolute Gasteiger partial charge is 0.326 e. The fourth-order valence-corrected chi connectivity index (χ4v) is 17.3. The molecule has 0 unspecified atom stereocenters. The highest BCUT2D eigenvalue weighted by Gasteiger charge is 2.49. The van der Waals surface area contributed by atoms with Gasteiger partial charge in [0.15, 0.2) is 0 Å². The fraction of sp³-hybridized carbons (Fsp3) is 0.739. The standard InChI is InChI=1S/C88H143N21O29/c1-10-47(8)70(82(131)102-58(43-110)76(125)101-57(88(137)138)39-45(4)5)104-80(129)62-25-17-35-107(62)85(134)55(41-67(116)117)100-75(124)54(40-66(114)115)98-72(121)51(21-12-14-32-90)95-78(127)60-23-18-36-108(60)87(136)63-26-19-37-109(63)86(135)56(42-68(118)119)99-74(123)53(38-44(2)3)97-73(122)52(28-29-64(92)111)96-81(130)69(46(6)7)103-79(128)61-24-15-33-105(61)83(132)48(9)93-71(120)50(20-11-13-31-89)94-77(126)59-22-16-34-106(59)84(133)49(91)27-30-65(112)113/h44-63,69-70,110H,10-43,89-91H2,1-9H3,(H2,92,111)(H,93,120)(H,94,126)(H,95,127)(H,96,130)(H,97,122)(H,98,121)(H,99,123)(H,100,124)(H,101,125)(H,102,131)(H,103,128)(H,104,129)(H,112,113)(H,114,115)(H,116,117)(H,118,119)(H,137,138)/t47-,48-,49-,50-,51-,52-,53-,54-,55-,56-,57-,58-,59-,60-,61-,62-,63-,69-,70-/m0/s1. The summed E-state index contributed by atoms with van der Waals surface area (Å²) < 4.78 is 0. The van der Waals surface area contributed by atoms with Crippen LogP contribution in [0.25, 0.3) is 0 Å². The first-order valence-corrected chi connectivity index (χ1v) is 47.3. The second-order valence-electron chi connectivity index (χ2n) is 37.0. The largest absolute Gasteiger partial charge is 0.481 e. The number of carbonyl (C=O) groups is 23. The van der Waals surface area contributed by atoms with Crippen LogP contribution in [-0.2, 0) is 110 Å². The Hall–Kier alpha value is -12.3. The van der Waals surface area contributed by atoms with Crippen molar-refractivity contribution in [1.29, 1.82) is 0 Å². The fourth-order valence-electron chi connectivity index (χ4n) is 17.3. The molecule has 5 rings (SSSR count). The third-order valence-corrected chi connectivity index (χ3v) is 24.9. The van der Waals surface area contributed by atoms with Crippen molar-refractivity contribution in [2.24, 2.45) is 46.6 Å². The number of amides is 18. The maximum Gasteiger partial charge on any atom is 0.326 e. The van der Waals surface area contributed by atoms with Gasteiger partial charge in [0.2, 0.25) is 106 Å². The molecule has 0 spiro atoms. The topological polar surface area (TPSA) is 779 Å². The average molecular weight is 1960 g/mol. The van der Waals surface area contributed by atoms with Gasteiger partial charge in [-0.2, -0.15) is 0 Å². The SMILES string of the molecule is CC[C@H](C)[C@H](NC(=O)[C@@H]1CCCN1C(=O)[C@H](CC(=O)O)NC(=O)[C@H](CC(=O)O)NC(=O)[C@H](CCCCN)NC(=O)[C@@H]1CCCN1C(=O)[C@@H]1CCCN1C(=O)[C@H](CC(=O)O)NC(=O)[C@H](CC(C)C)NC(=O)[C@H](CCC(N)=O)NC(=O)[C@@H](NC(=O)[C@@H]1CCCN1C(=O)[C@H](C)NC(=O)[C@H](CCCCN)NC(=O)[C@@H]1CCCN1C(=O)[C@@H](N)CCC(=O)O)C(C)C)C(=O)N[C@@H](CO)C(=O)N[C@@H](CC(C)C)C(=O)O. The number of hydrogen-bond donors (Lipinski definition) is 22. The highest BCUT2D eigenvalue weighted by atomic mass is 16.4. The van der Waals surface area contributed by atoms with Gasteiger partial charge in [0.1, 0.15) is 103 Å². The third kappa shape index (κ3) is 35.3. The number of likely N-dealkylation sites (tertiary alicyclic amines) is 5. The van der Waals surface area contributed by atoms with Crippen molar-refractivity contribution >= 4 is 136 Å². The van der Waals surface area contributed by atoms with Crippen LogP contribution in [0.4, 0.5) is 0 Å². The van der Waals surface area contributed by atoms with Crippen LogP contribution in [0.2, 0.25) is 0 Å². The number of primary amides is 1. The zero-order chi connectivity index (χ0) is 103. The number of carboxylic acids is 5. The summed E-state index contributed by atoms with van der Waals surface area (Å²) in [5, 5.41) is 89.1. The molecule has 50 heteroatoms. The van der Waals surface area contributed by atoms with Gasteiger partial charge in [-0.3, -0.25) is 105 Å². The summed E-state index contributed by atoms with van der Waals surface area (Å²) in [5.74, 6) is -26.9. The minimum absolute atomic E-state index is 0.00356. The monoisotopic (exact) mass is 1960 g/mol. The summed E-state index contributed by atoms with van der Waals surface area (Å²) in [6, 6.07) is -27.2. The van der Waals surface area contributed by atoms with E-state index in [-0.39, 0.29) is 161 Å². The highest BCUT2D eigenvalue weighted by Crippen LogP contribution is 2.29. The number of aliphatic hydroxyl groups excluding tert-OH is 1. The molecule has 0 radical (unpaired) electrons. The van der Waals surface area contributed by atoms with Crippen LogP contribution in [0, 0.1) is 23.7 Å². The summed E-state index contributed by atoms with van der Waals surface area (Å²) in [4.78, 5) is 321. The Morgan fingerprint density at radius 2 is 0.681 bits per heavy atom.